The van der Waals surface area contributed by atoms with Crippen molar-refractivity contribution < 1.29 is 56.5 Å². The molecule has 0 heterocycles. The first-order valence-corrected chi connectivity index (χ1v) is 2.94. The van der Waals surface area contributed by atoms with Gasteiger partial charge in [0, 0.05) is 0 Å². The molecule has 0 saturated carbocycles. The minimum atomic E-state index is 0. The van der Waals surface area contributed by atoms with Crippen molar-refractivity contribution in [3.05, 3.63) is 29.3 Å². The summed E-state index contributed by atoms with van der Waals surface area (Å²) in [6.45, 7) is 3.74. The molecular weight excluding hydrogens is 151 g/mol. The standard InChI is InChI=1S/C8H10O.K/c1-6-3-4-7(2)8(9)5-6;/h3-5,9H,1-2H3;/q;+1/p-1. The Morgan fingerprint density at radius 1 is 1.20 bits per heavy atom. The number of benzene rings is 1. The minimum absolute atomic E-state index is 0. The Hall–Kier alpha value is 0.656. The van der Waals surface area contributed by atoms with Gasteiger partial charge in [-0.25, -0.2) is 0 Å². The van der Waals surface area contributed by atoms with Crippen LogP contribution in [0.4, 0.5) is 0 Å². The van der Waals surface area contributed by atoms with Gasteiger partial charge in [-0.1, -0.05) is 29.3 Å². The first-order chi connectivity index (χ1) is 4.20. The molecule has 0 atom stereocenters. The normalized spacial score (nSPS) is 8.60. The maximum atomic E-state index is 10.8. The molecule has 0 bridgehead atoms. The van der Waals surface area contributed by atoms with Crippen molar-refractivity contribution in [1.29, 1.82) is 0 Å². The van der Waals surface area contributed by atoms with Gasteiger partial charge in [0.1, 0.15) is 0 Å². The topological polar surface area (TPSA) is 23.1 Å². The average Bonchev–Trinajstić information content (AvgIpc) is 1.80. The van der Waals surface area contributed by atoms with E-state index < -0.39 is 0 Å². The molecule has 0 amide bonds. The second kappa shape index (κ2) is 4.52. The van der Waals surface area contributed by atoms with Crippen LogP contribution in [0.3, 0.4) is 0 Å². The fourth-order valence-electron chi connectivity index (χ4n) is 0.707. The Morgan fingerprint density at radius 2 is 1.80 bits per heavy atom. The number of aryl methyl sites for hydroxylation is 2. The molecule has 1 aromatic rings. The number of hydrogen-bond acceptors (Lipinski definition) is 1. The Bertz CT molecular complexity index is 220. The number of hydrogen-bond donors (Lipinski definition) is 0. The summed E-state index contributed by atoms with van der Waals surface area (Å²) in [6.07, 6.45) is 0. The van der Waals surface area contributed by atoms with Gasteiger partial charge in [0.05, 0.1) is 0 Å². The molecule has 1 rings (SSSR count). The molecule has 2 heteroatoms. The van der Waals surface area contributed by atoms with Gasteiger partial charge >= 0.3 is 51.4 Å². The van der Waals surface area contributed by atoms with E-state index in [1.165, 1.54) is 0 Å². The van der Waals surface area contributed by atoms with Gasteiger partial charge in [0.15, 0.2) is 0 Å². The monoisotopic (exact) mass is 160 g/mol. The molecule has 0 aliphatic carbocycles. The molecule has 0 aliphatic rings. The van der Waals surface area contributed by atoms with E-state index in [2.05, 4.69) is 0 Å². The summed E-state index contributed by atoms with van der Waals surface area (Å²) < 4.78 is 0. The van der Waals surface area contributed by atoms with E-state index in [0.29, 0.717) is 0 Å². The molecular formula is C8H9KO. The summed E-state index contributed by atoms with van der Waals surface area (Å²) >= 11 is 0. The second-order valence-electron chi connectivity index (χ2n) is 2.27. The maximum absolute atomic E-state index is 10.8. The quantitative estimate of drug-likeness (QED) is 0.418. The van der Waals surface area contributed by atoms with Gasteiger partial charge in [0.25, 0.3) is 0 Å². The maximum Gasteiger partial charge on any atom is 1.00 e. The van der Waals surface area contributed by atoms with Crippen molar-refractivity contribution in [2.24, 2.45) is 0 Å². The Morgan fingerprint density at radius 3 is 2.20 bits per heavy atom. The third-order valence-corrected chi connectivity index (χ3v) is 1.34. The van der Waals surface area contributed by atoms with E-state index in [1.54, 1.807) is 6.07 Å². The van der Waals surface area contributed by atoms with Crippen molar-refractivity contribution in [3.63, 3.8) is 0 Å². The van der Waals surface area contributed by atoms with E-state index in [1.807, 2.05) is 26.0 Å². The van der Waals surface area contributed by atoms with E-state index in [0.717, 1.165) is 11.1 Å². The van der Waals surface area contributed by atoms with Crippen molar-refractivity contribution in [2.75, 3.05) is 0 Å². The SMILES string of the molecule is Cc1ccc(C)c([O-])c1.[K+]. The minimum Gasteiger partial charge on any atom is -0.872 e. The van der Waals surface area contributed by atoms with Crippen molar-refractivity contribution in [3.8, 4) is 5.75 Å². The van der Waals surface area contributed by atoms with Crippen molar-refractivity contribution >= 4 is 0 Å². The summed E-state index contributed by atoms with van der Waals surface area (Å²) in [5.74, 6) is 0.134. The molecule has 0 radical (unpaired) electrons. The summed E-state index contributed by atoms with van der Waals surface area (Å²) in [7, 11) is 0. The molecule has 48 valence electrons. The van der Waals surface area contributed by atoms with Crippen LogP contribution in [-0.4, -0.2) is 0 Å². The zero-order valence-electron chi connectivity index (χ0n) is 6.64. The Balaban J connectivity index is 0.000000810. The molecule has 1 nitrogen and oxygen atoms in total. The third-order valence-electron chi connectivity index (χ3n) is 1.34. The van der Waals surface area contributed by atoms with Gasteiger partial charge in [-0.15, -0.1) is 5.75 Å². The van der Waals surface area contributed by atoms with Gasteiger partial charge in [-0.3, -0.25) is 0 Å². The molecule has 0 fully saturated rings. The summed E-state index contributed by atoms with van der Waals surface area (Å²) in [6, 6.07) is 5.43. The molecule has 0 saturated heterocycles. The fourth-order valence-corrected chi connectivity index (χ4v) is 0.707. The Kier molecular flexibility index (Phi) is 4.81. The average molecular weight is 160 g/mol. The molecule has 0 N–H and O–H groups in total. The molecule has 10 heavy (non-hydrogen) atoms. The summed E-state index contributed by atoms with van der Waals surface area (Å²) in [5, 5.41) is 10.8. The summed E-state index contributed by atoms with van der Waals surface area (Å²) in [4.78, 5) is 0. The van der Waals surface area contributed by atoms with Crippen molar-refractivity contribution in [1.82, 2.24) is 0 Å². The van der Waals surface area contributed by atoms with Crippen LogP contribution < -0.4 is 56.5 Å². The molecule has 1 aromatic carbocycles. The Labute approximate surface area is 104 Å². The van der Waals surface area contributed by atoms with E-state index >= 15 is 0 Å². The van der Waals surface area contributed by atoms with E-state index in [9.17, 15) is 5.11 Å². The first kappa shape index (κ1) is 10.7. The third kappa shape index (κ3) is 2.72. The van der Waals surface area contributed by atoms with Crippen LogP contribution in [0, 0.1) is 13.8 Å². The smallest absolute Gasteiger partial charge is 0.872 e. The molecule has 0 aliphatic heterocycles. The fraction of sp³-hybridized carbons (Fsp3) is 0.250. The van der Waals surface area contributed by atoms with Crippen LogP contribution in [0.1, 0.15) is 11.1 Å². The van der Waals surface area contributed by atoms with Crippen LogP contribution in [0.15, 0.2) is 18.2 Å². The largest absolute Gasteiger partial charge is 1.00 e. The van der Waals surface area contributed by atoms with Crippen LogP contribution in [0.5, 0.6) is 5.75 Å². The van der Waals surface area contributed by atoms with Gasteiger partial charge in [-0.05, 0) is 13.8 Å². The van der Waals surface area contributed by atoms with Crippen LogP contribution in [0.25, 0.3) is 0 Å². The van der Waals surface area contributed by atoms with E-state index in [-0.39, 0.29) is 57.1 Å². The zero-order valence-corrected chi connectivity index (χ0v) is 9.76. The number of rotatable bonds is 0. The summed E-state index contributed by atoms with van der Waals surface area (Å²) in [5.41, 5.74) is 1.85. The van der Waals surface area contributed by atoms with Crippen LogP contribution in [-0.2, 0) is 0 Å². The van der Waals surface area contributed by atoms with Crippen LogP contribution >= 0.6 is 0 Å². The molecule has 0 aromatic heterocycles. The predicted molar refractivity (Wildman–Crippen MR) is 35.4 cm³/mol. The first-order valence-electron chi connectivity index (χ1n) is 2.94. The van der Waals surface area contributed by atoms with E-state index in [4.69, 9.17) is 0 Å². The predicted octanol–water partition coefficient (Wildman–Crippen LogP) is -1.62. The van der Waals surface area contributed by atoms with Gasteiger partial charge < -0.3 is 5.11 Å². The molecule has 0 spiro atoms. The second-order valence-corrected chi connectivity index (χ2v) is 2.27. The van der Waals surface area contributed by atoms with Gasteiger partial charge in [0.2, 0.25) is 0 Å². The molecule has 0 unspecified atom stereocenters. The van der Waals surface area contributed by atoms with Gasteiger partial charge in [-0.2, -0.15) is 0 Å². The zero-order chi connectivity index (χ0) is 6.85. The van der Waals surface area contributed by atoms with Crippen LogP contribution in [0.2, 0.25) is 0 Å². The van der Waals surface area contributed by atoms with Crippen molar-refractivity contribution in [2.45, 2.75) is 13.8 Å².